The Labute approximate surface area is 190 Å². The van der Waals surface area contributed by atoms with Crippen LogP contribution in [-0.2, 0) is 0 Å². The Morgan fingerprint density at radius 3 is 2.58 bits per heavy atom. The van der Waals surface area contributed by atoms with Crippen molar-refractivity contribution in [3.8, 4) is 5.75 Å². The van der Waals surface area contributed by atoms with Gasteiger partial charge in [-0.2, -0.15) is 0 Å². The first-order valence-electron chi connectivity index (χ1n) is 10.4. The number of hydrogen-bond acceptors (Lipinski definition) is 5. The zero-order chi connectivity index (χ0) is 21.5. The highest BCUT2D eigenvalue weighted by Gasteiger charge is 2.33. The van der Waals surface area contributed by atoms with Gasteiger partial charge in [-0.1, -0.05) is 23.2 Å². The fraction of sp³-hybridized carbons (Fsp3) is 0.348. The maximum absolute atomic E-state index is 14.6. The van der Waals surface area contributed by atoms with E-state index >= 15 is 0 Å². The molecule has 5 rings (SSSR count). The summed E-state index contributed by atoms with van der Waals surface area (Å²) >= 11 is 11.9. The van der Waals surface area contributed by atoms with Crippen molar-refractivity contribution in [3.63, 3.8) is 0 Å². The molecule has 8 heteroatoms. The van der Waals surface area contributed by atoms with Crippen LogP contribution in [0.3, 0.4) is 0 Å². The van der Waals surface area contributed by atoms with E-state index in [1.807, 2.05) is 18.2 Å². The van der Waals surface area contributed by atoms with Crippen molar-refractivity contribution < 1.29 is 9.13 Å². The van der Waals surface area contributed by atoms with Crippen molar-refractivity contribution in [3.05, 3.63) is 52.4 Å². The number of halogens is 3. The largest absolute Gasteiger partial charge is 0.495 e. The van der Waals surface area contributed by atoms with Gasteiger partial charge in [-0.05, 0) is 49.9 Å². The van der Waals surface area contributed by atoms with Crippen molar-refractivity contribution in [2.45, 2.75) is 43.8 Å². The molecule has 2 bridgehead atoms. The minimum atomic E-state index is -0.587. The van der Waals surface area contributed by atoms with Crippen LogP contribution in [0.5, 0.6) is 5.75 Å². The minimum absolute atomic E-state index is 0.102. The molecule has 3 heterocycles. The zero-order valence-corrected chi connectivity index (χ0v) is 18.5. The summed E-state index contributed by atoms with van der Waals surface area (Å²) in [5.74, 6) is 0.153. The monoisotopic (exact) mass is 460 g/mol. The third-order valence-electron chi connectivity index (χ3n) is 6.20. The predicted molar refractivity (Wildman–Crippen MR) is 125 cm³/mol. The summed E-state index contributed by atoms with van der Waals surface area (Å²) in [6.07, 6.45) is 6.33. The van der Waals surface area contributed by atoms with E-state index in [4.69, 9.17) is 27.9 Å². The van der Waals surface area contributed by atoms with Crippen LogP contribution in [-0.4, -0.2) is 30.2 Å². The van der Waals surface area contributed by atoms with Gasteiger partial charge in [-0.3, -0.25) is 4.98 Å². The van der Waals surface area contributed by atoms with E-state index < -0.39 is 5.82 Å². The summed E-state index contributed by atoms with van der Waals surface area (Å²) in [7, 11) is 1.66. The van der Waals surface area contributed by atoms with E-state index in [0.29, 0.717) is 18.1 Å². The summed E-state index contributed by atoms with van der Waals surface area (Å²) < 4.78 is 20.2. The van der Waals surface area contributed by atoms with Crippen LogP contribution in [0.4, 0.5) is 21.5 Å². The number of anilines is 3. The maximum atomic E-state index is 14.6. The summed E-state index contributed by atoms with van der Waals surface area (Å²) in [4.78, 5) is 4.47. The van der Waals surface area contributed by atoms with Gasteiger partial charge < -0.3 is 20.7 Å². The summed E-state index contributed by atoms with van der Waals surface area (Å²) in [6, 6.07) is 10.4. The molecule has 162 valence electrons. The number of aromatic nitrogens is 1. The number of fused-ring (bicyclic) bond motifs is 3. The molecular weight excluding hydrogens is 438 g/mol. The number of nitrogens with one attached hydrogen (secondary N) is 3. The molecule has 1 unspecified atom stereocenters. The number of hydrogen-bond donors (Lipinski definition) is 3. The Kier molecular flexibility index (Phi) is 5.54. The van der Waals surface area contributed by atoms with Crippen LogP contribution in [0.15, 0.2) is 36.5 Å². The average molecular weight is 461 g/mol. The van der Waals surface area contributed by atoms with Gasteiger partial charge in [0.05, 0.1) is 34.0 Å². The minimum Gasteiger partial charge on any atom is -0.495 e. The lowest BCUT2D eigenvalue weighted by Gasteiger charge is -2.31. The molecule has 2 fully saturated rings. The molecule has 0 amide bonds. The number of nitrogens with zero attached hydrogens (tertiary/aromatic N) is 1. The van der Waals surface area contributed by atoms with Gasteiger partial charge in [0.1, 0.15) is 5.75 Å². The highest BCUT2D eigenvalue weighted by atomic mass is 35.5. The third kappa shape index (κ3) is 4.00. The Bertz CT molecular complexity index is 1130. The smallest absolute Gasteiger partial charge is 0.166 e. The SMILES string of the molecule is COc1cc2nccc(Nc3ccc(Cl)c(Cl)c3F)c2cc1NC1C[C@H]2CC[C@@H](C1)N2. The first kappa shape index (κ1) is 20.6. The van der Waals surface area contributed by atoms with Crippen LogP contribution < -0.4 is 20.7 Å². The van der Waals surface area contributed by atoms with E-state index in [1.54, 1.807) is 25.4 Å². The molecule has 0 aliphatic carbocycles. The molecule has 0 saturated carbocycles. The Morgan fingerprint density at radius 2 is 1.84 bits per heavy atom. The van der Waals surface area contributed by atoms with Crippen molar-refractivity contribution >= 4 is 51.2 Å². The van der Waals surface area contributed by atoms with E-state index in [-0.39, 0.29) is 15.7 Å². The second-order valence-corrected chi connectivity index (χ2v) is 9.01. The molecule has 0 radical (unpaired) electrons. The predicted octanol–water partition coefficient (Wildman–Crippen LogP) is 6.13. The Hall–Kier alpha value is -2.28. The molecule has 2 aliphatic heterocycles. The van der Waals surface area contributed by atoms with Gasteiger partial charge in [0.15, 0.2) is 5.82 Å². The summed E-state index contributed by atoms with van der Waals surface area (Å²) in [5, 5.41) is 11.4. The Morgan fingerprint density at radius 1 is 1.06 bits per heavy atom. The van der Waals surface area contributed by atoms with Crippen molar-refractivity contribution in [1.29, 1.82) is 0 Å². The number of benzene rings is 2. The van der Waals surface area contributed by atoms with Crippen molar-refractivity contribution in [1.82, 2.24) is 10.3 Å². The molecule has 31 heavy (non-hydrogen) atoms. The van der Waals surface area contributed by atoms with Crippen molar-refractivity contribution in [2.75, 3.05) is 17.7 Å². The number of ether oxygens (including phenoxy) is 1. The van der Waals surface area contributed by atoms with Crippen LogP contribution in [0.1, 0.15) is 25.7 Å². The first-order chi connectivity index (χ1) is 15.0. The maximum Gasteiger partial charge on any atom is 0.166 e. The first-order valence-corrected chi connectivity index (χ1v) is 11.2. The number of rotatable bonds is 5. The lowest BCUT2D eigenvalue weighted by molar-refractivity contribution is 0.375. The number of pyridine rings is 1. The normalized spacial score (nSPS) is 22.5. The highest BCUT2D eigenvalue weighted by Crippen LogP contribution is 2.38. The van der Waals surface area contributed by atoms with Crippen molar-refractivity contribution in [2.24, 2.45) is 0 Å². The van der Waals surface area contributed by atoms with Gasteiger partial charge in [0.2, 0.25) is 0 Å². The zero-order valence-electron chi connectivity index (χ0n) is 17.0. The summed E-state index contributed by atoms with van der Waals surface area (Å²) in [5.41, 5.74) is 2.63. The lowest BCUT2D eigenvalue weighted by atomic mass is 9.99. The van der Waals surface area contributed by atoms with Gasteiger partial charge >= 0.3 is 0 Å². The van der Waals surface area contributed by atoms with E-state index in [2.05, 4.69) is 20.9 Å². The van der Waals surface area contributed by atoms with Gasteiger partial charge in [0, 0.05) is 41.5 Å². The van der Waals surface area contributed by atoms with Gasteiger partial charge in [0.25, 0.3) is 0 Å². The second kappa shape index (κ2) is 8.34. The molecule has 2 saturated heterocycles. The summed E-state index contributed by atoms with van der Waals surface area (Å²) in [6.45, 7) is 0. The van der Waals surface area contributed by atoms with Crippen LogP contribution in [0, 0.1) is 5.82 Å². The quantitative estimate of drug-likeness (QED) is 0.399. The van der Waals surface area contributed by atoms with E-state index in [0.717, 1.165) is 40.9 Å². The molecule has 0 spiro atoms. The topological polar surface area (TPSA) is 58.2 Å². The van der Waals surface area contributed by atoms with Gasteiger partial charge in [-0.15, -0.1) is 0 Å². The molecule has 3 atom stereocenters. The van der Waals surface area contributed by atoms with Gasteiger partial charge in [-0.25, -0.2) is 4.39 Å². The molecule has 5 nitrogen and oxygen atoms in total. The van der Waals surface area contributed by atoms with Crippen LogP contribution in [0.2, 0.25) is 10.0 Å². The standard InChI is InChI=1S/C23H23Cl2FN4O/c1-31-21-11-19-15(10-20(21)29-14-8-12-2-3-13(9-14)28-12)17(6-7-27-19)30-18-5-4-16(24)22(25)23(18)26/h4-7,10-14,28-29H,2-3,8-9H2,1H3,(H,27,30)/t12-,13+,14?. The second-order valence-electron chi connectivity index (χ2n) is 8.23. The molecule has 2 aliphatic rings. The fourth-order valence-electron chi connectivity index (χ4n) is 4.73. The van der Waals surface area contributed by atoms with Crippen LogP contribution >= 0.6 is 23.2 Å². The number of piperidine rings is 1. The molecular formula is C23H23Cl2FN4O. The highest BCUT2D eigenvalue weighted by molar-refractivity contribution is 6.42. The van der Waals surface area contributed by atoms with E-state index in [9.17, 15) is 4.39 Å². The molecule has 2 aromatic carbocycles. The number of methoxy groups -OCH3 is 1. The third-order valence-corrected chi connectivity index (χ3v) is 6.98. The lowest BCUT2D eigenvalue weighted by Crippen LogP contribution is -2.43. The van der Waals surface area contributed by atoms with E-state index in [1.165, 1.54) is 12.8 Å². The molecule has 1 aromatic heterocycles. The molecule has 3 N–H and O–H groups in total. The molecule has 3 aromatic rings. The Balaban J connectivity index is 1.50. The fourth-order valence-corrected chi connectivity index (χ4v) is 5.04. The average Bonchev–Trinajstić information content (AvgIpc) is 3.12. The van der Waals surface area contributed by atoms with Crippen LogP contribution in [0.25, 0.3) is 10.9 Å².